The number of aryl methyl sites for hydroxylation is 2. The van der Waals surface area contributed by atoms with E-state index in [-0.39, 0.29) is 18.4 Å². The van der Waals surface area contributed by atoms with Crippen LogP contribution in [0.1, 0.15) is 72.4 Å². The fraction of sp³-hybridized carbons (Fsp3) is 0.344. The molecule has 0 bridgehead atoms. The summed E-state index contributed by atoms with van der Waals surface area (Å²) in [7, 11) is 0. The number of nitrogens with two attached hydrogens (primary N) is 1. The number of halogens is 1. The van der Waals surface area contributed by atoms with Crippen LogP contribution in [0.15, 0.2) is 54.7 Å². The summed E-state index contributed by atoms with van der Waals surface area (Å²) < 4.78 is 19.7. The molecule has 1 aliphatic heterocycles. The maximum Gasteiger partial charge on any atom is 0.417 e. The van der Waals surface area contributed by atoms with Crippen LogP contribution in [0.5, 0.6) is 0 Å². The lowest BCUT2D eigenvalue weighted by atomic mass is 9.93. The first-order valence-electron chi connectivity index (χ1n) is 13.7. The zero-order valence-electron chi connectivity index (χ0n) is 24.4. The number of hydrogen-bond acceptors (Lipinski definition) is 6. The first-order valence-corrected chi connectivity index (χ1v) is 13.7. The highest BCUT2D eigenvalue weighted by Gasteiger charge is 2.43. The van der Waals surface area contributed by atoms with E-state index in [1.54, 1.807) is 39.1 Å². The van der Waals surface area contributed by atoms with Crippen molar-refractivity contribution in [2.45, 2.75) is 71.6 Å². The van der Waals surface area contributed by atoms with Gasteiger partial charge in [-0.25, -0.2) is 14.1 Å². The van der Waals surface area contributed by atoms with Crippen LogP contribution in [-0.4, -0.2) is 45.3 Å². The molecule has 1 fully saturated rings. The van der Waals surface area contributed by atoms with Gasteiger partial charge in [0.25, 0.3) is 5.91 Å². The highest BCUT2D eigenvalue weighted by molar-refractivity contribution is 6.01. The van der Waals surface area contributed by atoms with Crippen LogP contribution in [0, 0.1) is 19.7 Å². The minimum atomic E-state index is -1.06. The summed E-state index contributed by atoms with van der Waals surface area (Å²) in [6.07, 6.45) is 1.20. The van der Waals surface area contributed by atoms with E-state index >= 15 is 0 Å². The van der Waals surface area contributed by atoms with Gasteiger partial charge in [0.05, 0.1) is 17.3 Å². The van der Waals surface area contributed by atoms with Crippen LogP contribution in [-0.2, 0) is 20.7 Å². The predicted molar refractivity (Wildman–Crippen MR) is 155 cm³/mol. The number of ether oxygens (including phenoxy) is 1. The number of likely N-dealkylation sites (tertiary alicyclic amines) is 1. The molecule has 42 heavy (non-hydrogen) atoms. The highest BCUT2D eigenvalue weighted by Crippen LogP contribution is 2.31. The molecule has 3 N–H and O–H groups in total. The molecule has 2 unspecified atom stereocenters. The van der Waals surface area contributed by atoms with Gasteiger partial charge in [-0.05, 0) is 76.8 Å². The summed E-state index contributed by atoms with van der Waals surface area (Å²) in [4.78, 5) is 56.6. The molecule has 10 heteroatoms. The first-order chi connectivity index (χ1) is 19.7. The Labute approximate surface area is 244 Å². The minimum Gasteiger partial charge on any atom is -0.443 e. The molecule has 0 radical (unpaired) electrons. The smallest absolute Gasteiger partial charge is 0.417 e. The van der Waals surface area contributed by atoms with Gasteiger partial charge in [0.1, 0.15) is 17.5 Å². The van der Waals surface area contributed by atoms with E-state index in [1.165, 1.54) is 12.1 Å². The van der Waals surface area contributed by atoms with Crippen LogP contribution in [0.3, 0.4) is 0 Å². The Balaban J connectivity index is 1.75. The van der Waals surface area contributed by atoms with Crippen molar-refractivity contribution in [3.8, 4) is 11.1 Å². The average Bonchev–Trinajstić information content (AvgIpc) is 3.28. The lowest BCUT2D eigenvalue weighted by Gasteiger charge is -2.28. The van der Waals surface area contributed by atoms with E-state index in [1.807, 2.05) is 32.0 Å². The Morgan fingerprint density at radius 2 is 1.81 bits per heavy atom. The second kappa shape index (κ2) is 12.1. The van der Waals surface area contributed by atoms with Crippen molar-refractivity contribution in [2.75, 3.05) is 0 Å². The molecule has 1 aromatic heterocycles. The standard InChI is InChI=1S/C32H35FN4O5/c1-18-13-19(2)15-20(14-18)16-25(36-30(40)26-10-11-27(38)37(26)31(41)42-32(3,4)5)28-22(7-6-12-35-28)21-8-9-24(33)23(17-21)29(34)39/h6-9,12-15,17,25-26H,10-11,16H2,1-5H3,(H2,34,39)(H,36,40). The number of pyridine rings is 1. The number of nitrogens with zero attached hydrogens (tertiary/aromatic N) is 2. The second-order valence-electron chi connectivity index (χ2n) is 11.6. The van der Waals surface area contributed by atoms with Crippen molar-refractivity contribution in [2.24, 2.45) is 5.73 Å². The molecule has 1 saturated heterocycles. The predicted octanol–water partition coefficient (Wildman–Crippen LogP) is 4.93. The normalized spacial score (nSPS) is 15.8. The fourth-order valence-corrected chi connectivity index (χ4v) is 5.20. The summed E-state index contributed by atoms with van der Waals surface area (Å²) >= 11 is 0. The van der Waals surface area contributed by atoms with Crippen LogP contribution in [0.2, 0.25) is 0 Å². The third-order valence-corrected chi connectivity index (χ3v) is 6.85. The van der Waals surface area contributed by atoms with Crippen LogP contribution < -0.4 is 11.1 Å². The van der Waals surface area contributed by atoms with Gasteiger partial charge < -0.3 is 15.8 Å². The number of aromatic nitrogens is 1. The van der Waals surface area contributed by atoms with Crippen molar-refractivity contribution in [3.63, 3.8) is 0 Å². The van der Waals surface area contributed by atoms with Crippen LogP contribution in [0.4, 0.5) is 9.18 Å². The minimum absolute atomic E-state index is 0.0272. The summed E-state index contributed by atoms with van der Waals surface area (Å²) in [6.45, 7) is 9.00. The molecule has 4 rings (SSSR count). The molecule has 9 nitrogen and oxygen atoms in total. The van der Waals surface area contributed by atoms with Gasteiger partial charge >= 0.3 is 6.09 Å². The molecule has 1 aliphatic rings. The van der Waals surface area contributed by atoms with Gasteiger partial charge in [0.15, 0.2) is 0 Å². The lowest BCUT2D eigenvalue weighted by Crippen LogP contribution is -2.50. The van der Waals surface area contributed by atoms with E-state index in [9.17, 15) is 23.6 Å². The number of rotatable bonds is 7. The molecular formula is C32H35FN4O5. The van der Waals surface area contributed by atoms with Gasteiger partial charge in [0, 0.05) is 18.2 Å². The number of benzene rings is 2. The number of carbonyl (C=O) groups excluding carboxylic acids is 4. The van der Waals surface area contributed by atoms with E-state index in [4.69, 9.17) is 10.5 Å². The molecule has 2 atom stereocenters. The summed E-state index contributed by atoms with van der Waals surface area (Å²) in [5.41, 5.74) is 8.78. The third-order valence-electron chi connectivity index (χ3n) is 6.85. The SMILES string of the molecule is Cc1cc(C)cc(CC(NC(=O)C2CCC(=O)N2C(=O)OC(C)(C)C)c2ncccc2-c2ccc(F)c(C(N)=O)c2)c1. The third kappa shape index (κ3) is 6.99. The van der Waals surface area contributed by atoms with Gasteiger partial charge in [-0.15, -0.1) is 0 Å². The zero-order chi connectivity index (χ0) is 30.8. The Morgan fingerprint density at radius 1 is 1.12 bits per heavy atom. The van der Waals surface area contributed by atoms with E-state index in [0.29, 0.717) is 23.2 Å². The number of hydrogen-bond donors (Lipinski definition) is 2. The number of primary amides is 1. The summed E-state index contributed by atoms with van der Waals surface area (Å²) in [5, 5.41) is 3.02. The molecule has 4 amide bonds. The maximum atomic E-state index is 14.3. The van der Waals surface area contributed by atoms with E-state index in [0.717, 1.165) is 27.7 Å². The molecular weight excluding hydrogens is 539 g/mol. The van der Waals surface area contributed by atoms with Gasteiger partial charge in [-0.1, -0.05) is 41.5 Å². The summed E-state index contributed by atoms with van der Waals surface area (Å²) in [5.74, 6) is -2.67. The lowest BCUT2D eigenvalue weighted by molar-refractivity contribution is -0.134. The van der Waals surface area contributed by atoms with Gasteiger partial charge in [-0.3, -0.25) is 19.4 Å². The molecule has 3 aromatic rings. The van der Waals surface area contributed by atoms with Crippen molar-refractivity contribution >= 4 is 23.8 Å². The molecule has 220 valence electrons. The van der Waals surface area contributed by atoms with E-state index in [2.05, 4.69) is 10.3 Å². The Kier molecular flexibility index (Phi) is 8.75. The molecule has 2 aromatic carbocycles. The van der Waals surface area contributed by atoms with E-state index < -0.39 is 47.3 Å². The summed E-state index contributed by atoms with van der Waals surface area (Å²) in [6, 6.07) is 11.7. The molecule has 0 aliphatic carbocycles. The van der Waals surface area contributed by atoms with Crippen molar-refractivity contribution < 1.29 is 28.3 Å². The number of amides is 4. The second-order valence-corrected chi connectivity index (χ2v) is 11.6. The average molecular weight is 575 g/mol. The maximum absolute atomic E-state index is 14.3. The van der Waals surface area contributed by atoms with Gasteiger partial charge in [-0.2, -0.15) is 0 Å². The molecule has 2 heterocycles. The monoisotopic (exact) mass is 574 g/mol. The van der Waals surface area contributed by atoms with Gasteiger partial charge in [0.2, 0.25) is 11.8 Å². The number of nitrogens with one attached hydrogen (secondary N) is 1. The Morgan fingerprint density at radius 3 is 2.45 bits per heavy atom. The number of imide groups is 1. The quantitative estimate of drug-likeness (QED) is 0.411. The zero-order valence-corrected chi connectivity index (χ0v) is 24.4. The first kappa shape index (κ1) is 30.4. The van der Waals surface area contributed by atoms with Crippen molar-refractivity contribution in [1.82, 2.24) is 15.2 Å². The Hall–Kier alpha value is -4.60. The molecule has 0 saturated carbocycles. The highest BCUT2D eigenvalue weighted by atomic mass is 19.1. The fourth-order valence-electron chi connectivity index (χ4n) is 5.20. The van der Waals surface area contributed by atoms with Crippen molar-refractivity contribution in [1.29, 1.82) is 0 Å². The topological polar surface area (TPSA) is 132 Å². The molecule has 0 spiro atoms. The van der Waals surface area contributed by atoms with Crippen molar-refractivity contribution in [3.05, 3.63) is 88.5 Å². The van der Waals surface area contributed by atoms with Crippen LogP contribution >= 0.6 is 0 Å². The largest absolute Gasteiger partial charge is 0.443 e. The number of carbonyl (C=O) groups is 4. The Bertz CT molecular complexity index is 1530. The van der Waals surface area contributed by atoms with Crippen LogP contribution in [0.25, 0.3) is 11.1 Å².